The summed E-state index contributed by atoms with van der Waals surface area (Å²) < 4.78 is 0. The molecule has 9 heavy (non-hydrogen) atoms. The van der Waals surface area contributed by atoms with Crippen molar-refractivity contribution in [3.05, 3.63) is 24.3 Å². The van der Waals surface area contributed by atoms with Crippen LogP contribution >= 0.6 is 0 Å². The van der Waals surface area contributed by atoms with Gasteiger partial charge in [-0.25, -0.2) is 0 Å². The summed E-state index contributed by atoms with van der Waals surface area (Å²) in [7, 11) is 0. The molecule has 0 rings (SSSR count). The second-order valence-corrected chi connectivity index (χ2v) is 1.90. The Morgan fingerprint density at radius 2 is 2.00 bits per heavy atom. The van der Waals surface area contributed by atoms with E-state index in [1.807, 2.05) is 32.1 Å². The number of rotatable bonds is 3. The lowest BCUT2D eigenvalue weighted by Crippen LogP contribution is -1.98. The first kappa shape index (κ1) is 8.44. The highest BCUT2D eigenvalue weighted by Crippen LogP contribution is 1.93. The van der Waals surface area contributed by atoms with Gasteiger partial charge in [-0.1, -0.05) is 24.3 Å². The molecule has 0 bridgehead atoms. The third-order valence-corrected chi connectivity index (χ3v) is 1.03. The summed E-state index contributed by atoms with van der Waals surface area (Å²) in [6.07, 6.45) is 7.94. The quantitative estimate of drug-likeness (QED) is 0.572. The number of allylic oxidation sites excluding steroid dienone is 2. The molecular weight excluding hydrogens is 112 g/mol. The first-order chi connectivity index (χ1) is 4.31. The first-order valence-electron chi connectivity index (χ1n) is 3.23. The standard InChI is InChI=1S/C8H14O/c1-3-5-7-8(9)6-4-2/h3-6,8-9H,7H2,1-2H3. The molecule has 1 N–H and O–H groups in total. The van der Waals surface area contributed by atoms with Crippen molar-refractivity contribution in [2.24, 2.45) is 0 Å². The largest absolute Gasteiger partial charge is 0.389 e. The van der Waals surface area contributed by atoms with E-state index in [0.717, 1.165) is 6.42 Å². The van der Waals surface area contributed by atoms with Crippen LogP contribution in [0.3, 0.4) is 0 Å². The molecule has 0 amide bonds. The van der Waals surface area contributed by atoms with Crippen molar-refractivity contribution in [2.45, 2.75) is 26.4 Å². The minimum Gasteiger partial charge on any atom is -0.389 e. The van der Waals surface area contributed by atoms with E-state index in [1.165, 1.54) is 0 Å². The molecule has 0 aliphatic heterocycles. The van der Waals surface area contributed by atoms with Crippen LogP contribution in [0.25, 0.3) is 0 Å². The average Bonchev–Trinajstić information content (AvgIpc) is 1.85. The molecule has 0 aliphatic carbocycles. The maximum Gasteiger partial charge on any atom is 0.0755 e. The van der Waals surface area contributed by atoms with E-state index in [-0.39, 0.29) is 6.10 Å². The highest BCUT2D eigenvalue weighted by molar-refractivity contribution is 4.91. The van der Waals surface area contributed by atoms with Gasteiger partial charge in [0, 0.05) is 0 Å². The van der Waals surface area contributed by atoms with Gasteiger partial charge in [-0.05, 0) is 20.3 Å². The summed E-state index contributed by atoms with van der Waals surface area (Å²) in [6, 6.07) is 0. The molecule has 0 saturated carbocycles. The number of hydrogen-bond acceptors (Lipinski definition) is 1. The van der Waals surface area contributed by atoms with E-state index in [0.29, 0.717) is 0 Å². The van der Waals surface area contributed by atoms with Crippen molar-refractivity contribution in [1.29, 1.82) is 0 Å². The number of aliphatic hydroxyl groups excluding tert-OH is 1. The van der Waals surface area contributed by atoms with Crippen molar-refractivity contribution >= 4 is 0 Å². The zero-order valence-corrected chi connectivity index (χ0v) is 6.04. The first-order valence-corrected chi connectivity index (χ1v) is 3.23. The smallest absolute Gasteiger partial charge is 0.0755 e. The van der Waals surface area contributed by atoms with E-state index in [1.54, 1.807) is 6.08 Å². The Morgan fingerprint density at radius 1 is 1.33 bits per heavy atom. The van der Waals surface area contributed by atoms with Crippen LogP contribution in [0.2, 0.25) is 0 Å². The summed E-state index contributed by atoms with van der Waals surface area (Å²) in [4.78, 5) is 0. The topological polar surface area (TPSA) is 20.2 Å². The Kier molecular flexibility index (Phi) is 5.23. The van der Waals surface area contributed by atoms with Crippen molar-refractivity contribution < 1.29 is 5.11 Å². The average molecular weight is 126 g/mol. The van der Waals surface area contributed by atoms with Gasteiger partial charge in [0.2, 0.25) is 0 Å². The SMILES string of the molecule is CC=CCC(O)C=CC. The Morgan fingerprint density at radius 3 is 2.44 bits per heavy atom. The van der Waals surface area contributed by atoms with Crippen LogP contribution in [0, 0.1) is 0 Å². The molecular formula is C8H14O. The van der Waals surface area contributed by atoms with E-state index in [9.17, 15) is 0 Å². The van der Waals surface area contributed by atoms with E-state index < -0.39 is 0 Å². The molecule has 0 aromatic carbocycles. The molecule has 0 saturated heterocycles. The monoisotopic (exact) mass is 126 g/mol. The Labute approximate surface area is 56.7 Å². The summed E-state index contributed by atoms with van der Waals surface area (Å²) in [5, 5.41) is 9.04. The van der Waals surface area contributed by atoms with Crippen molar-refractivity contribution in [1.82, 2.24) is 0 Å². The third kappa shape index (κ3) is 5.31. The van der Waals surface area contributed by atoms with Crippen LogP contribution < -0.4 is 0 Å². The Bertz CT molecular complexity index is 103. The van der Waals surface area contributed by atoms with Gasteiger partial charge >= 0.3 is 0 Å². The van der Waals surface area contributed by atoms with Crippen LogP contribution in [0.4, 0.5) is 0 Å². The zero-order valence-electron chi connectivity index (χ0n) is 6.04. The molecule has 1 nitrogen and oxygen atoms in total. The molecule has 0 radical (unpaired) electrons. The fraction of sp³-hybridized carbons (Fsp3) is 0.500. The normalized spacial score (nSPS) is 15.4. The highest BCUT2D eigenvalue weighted by atomic mass is 16.3. The fourth-order valence-corrected chi connectivity index (χ4v) is 0.576. The van der Waals surface area contributed by atoms with Crippen LogP contribution in [0.15, 0.2) is 24.3 Å². The molecule has 0 fully saturated rings. The predicted octanol–water partition coefficient (Wildman–Crippen LogP) is 1.89. The van der Waals surface area contributed by atoms with Gasteiger partial charge in [0.1, 0.15) is 0 Å². The molecule has 0 aromatic rings. The Balaban J connectivity index is 3.37. The maximum atomic E-state index is 9.04. The van der Waals surface area contributed by atoms with Gasteiger partial charge in [0.05, 0.1) is 6.10 Å². The van der Waals surface area contributed by atoms with Crippen LogP contribution in [0.5, 0.6) is 0 Å². The highest BCUT2D eigenvalue weighted by Gasteiger charge is 1.90. The minimum absolute atomic E-state index is 0.300. The lowest BCUT2D eigenvalue weighted by molar-refractivity contribution is 0.227. The lowest BCUT2D eigenvalue weighted by Gasteiger charge is -1.97. The molecule has 52 valence electrons. The zero-order chi connectivity index (χ0) is 7.11. The number of hydrogen-bond donors (Lipinski definition) is 1. The van der Waals surface area contributed by atoms with Crippen molar-refractivity contribution in [3.63, 3.8) is 0 Å². The Hall–Kier alpha value is -0.560. The van der Waals surface area contributed by atoms with E-state index >= 15 is 0 Å². The fourth-order valence-electron chi connectivity index (χ4n) is 0.576. The predicted molar refractivity (Wildman–Crippen MR) is 40.3 cm³/mol. The molecule has 0 aromatic heterocycles. The lowest BCUT2D eigenvalue weighted by atomic mass is 10.2. The molecule has 0 spiro atoms. The van der Waals surface area contributed by atoms with E-state index in [4.69, 9.17) is 5.11 Å². The molecule has 0 aliphatic rings. The van der Waals surface area contributed by atoms with Gasteiger partial charge < -0.3 is 5.11 Å². The molecule has 1 atom stereocenters. The number of aliphatic hydroxyl groups is 1. The maximum absolute atomic E-state index is 9.04. The third-order valence-electron chi connectivity index (χ3n) is 1.03. The van der Waals surface area contributed by atoms with Gasteiger partial charge in [0.25, 0.3) is 0 Å². The summed E-state index contributed by atoms with van der Waals surface area (Å²) in [5.74, 6) is 0. The van der Waals surface area contributed by atoms with Crippen molar-refractivity contribution in [3.8, 4) is 0 Å². The van der Waals surface area contributed by atoms with Gasteiger partial charge in [-0.15, -0.1) is 0 Å². The summed E-state index contributed by atoms with van der Waals surface area (Å²) >= 11 is 0. The summed E-state index contributed by atoms with van der Waals surface area (Å²) in [5.41, 5.74) is 0. The van der Waals surface area contributed by atoms with Gasteiger partial charge in [-0.3, -0.25) is 0 Å². The molecule has 1 unspecified atom stereocenters. The second kappa shape index (κ2) is 5.57. The van der Waals surface area contributed by atoms with Crippen LogP contribution in [-0.2, 0) is 0 Å². The molecule has 0 heterocycles. The minimum atomic E-state index is -0.300. The molecule has 1 heteroatoms. The van der Waals surface area contributed by atoms with E-state index in [2.05, 4.69) is 0 Å². The van der Waals surface area contributed by atoms with Gasteiger partial charge in [0.15, 0.2) is 0 Å². The second-order valence-electron chi connectivity index (χ2n) is 1.90. The van der Waals surface area contributed by atoms with Crippen molar-refractivity contribution in [2.75, 3.05) is 0 Å². The van der Waals surface area contributed by atoms with Gasteiger partial charge in [-0.2, -0.15) is 0 Å². The van der Waals surface area contributed by atoms with Crippen LogP contribution in [-0.4, -0.2) is 11.2 Å². The van der Waals surface area contributed by atoms with Crippen LogP contribution in [0.1, 0.15) is 20.3 Å². The summed E-state index contributed by atoms with van der Waals surface area (Å²) in [6.45, 7) is 3.85.